The van der Waals surface area contributed by atoms with E-state index in [0.29, 0.717) is 11.5 Å². The maximum Gasteiger partial charge on any atom is 0.356 e. The van der Waals surface area contributed by atoms with E-state index < -0.39 is 0 Å². The van der Waals surface area contributed by atoms with Crippen LogP contribution >= 0.6 is 0 Å². The van der Waals surface area contributed by atoms with Gasteiger partial charge in [0.15, 0.2) is 0 Å². The van der Waals surface area contributed by atoms with Gasteiger partial charge in [0.05, 0.1) is 11.8 Å². The molecule has 0 bridgehead atoms. The second kappa shape index (κ2) is 4.09. The Labute approximate surface area is 111 Å². The summed E-state index contributed by atoms with van der Waals surface area (Å²) in [6, 6.07) is 9.68. The molecule has 3 aromatic rings. The lowest BCUT2D eigenvalue weighted by Crippen LogP contribution is -2.35. The molecule has 0 saturated heterocycles. The average molecular weight is 253 g/mol. The lowest BCUT2D eigenvalue weighted by Gasteiger charge is -2.08. The number of hydrogen-bond donors (Lipinski definition) is 0. The molecule has 0 spiro atoms. The third-order valence-corrected chi connectivity index (χ3v) is 3.32. The lowest BCUT2D eigenvalue weighted by molar-refractivity contribution is -0.667. The van der Waals surface area contributed by atoms with E-state index in [2.05, 4.69) is 24.0 Å². The summed E-state index contributed by atoms with van der Waals surface area (Å²) in [5.41, 5.74) is 4.92. The van der Waals surface area contributed by atoms with Gasteiger partial charge in [-0.3, -0.25) is 0 Å². The van der Waals surface area contributed by atoms with Crippen LogP contribution in [0.3, 0.4) is 0 Å². The van der Waals surface area contributed by atoms with Crippen LogP contribution in [-0.2, 0) is 0 Å². The highest BCUT2D eigenvalue weighted by atomic mass is 16.5. The first-order valence-electron chi connectivity index (χ1n) is 6.23. The number of aromatic nitrogens is 3. The molecule has 2 aromatic heterocycles. The van der Waals surface area contributed by atoms with Crippen LogP contribution in [0.4, 0.5) is 0 Å². The molecule has 0 unspecified atom stereocenters. The van der Waals surface area contributed by atoms with Crippen molar-refractivity contribution in [2.24, 2.45) is 0 Å². The van der Waals surface area contributed by atoms with Crippen molar-refractivity contribution in [2.75, 3.05) is 0 Å². The lowest BCUT2D eigenvalue weighted by atomic mass is 9.99. The minimum Gasteiger partial charge on any atom is -0.692 e. The molecule has 0 amide bonds. The molecule has 19 heavy (non-hydrogen) atoms. The summed E-state index contributed by atoms with van der Waals surface area (Å²) in [7, 11) is 0. The predicted molar refractivity (Wildman–Crippen MR) is 73.8 cm³/mol. The second-order valence-corrected chi connectivity index (χ2v) is 4.89. The zero-order chi connectivity index (χ0) is 13.6. The number of benzene rings is 1. The SMILES string of the molecule is Cc1cc(C)c(-c2nc3ccccn3[n+]2[O-])c(C)c1. The van der Waals surface area contributed by atoms with Gasteiger partial charge in [-0.15, -0.1) is 9.36 Å². The van der Waals surface area contributed by atoms with Crippen LogP contribution in [0, 0.1) is 26.0 Å². The molecule has 0 radical (unpaired) electrons. The molecular formula is C15H15N3O. The summed E-state index contributed by atoms with van der Waals surface area (Å²) < 4.78 is 1.51. The van der Waals surface area contributed by atoms with Gasteiger partial charge < -0.3 is 5.21 Å². The minimum absolute atomic E-state index is 0.459. The number of rotatable bonds is 1. The monoisotopic (exact) mass is 253 g/mol. The zero-order valence-corrected chi connectivity index (χ0v) is 11.2. The zero-order valence-electron chi connectivity index (χ0n) is 11.2. The first kappa shape index (κ1) is 11.7. The van der Waals surface area contributed by atoms with Crippen molar-refractivity contribution in [3.8, 4) is 11.4 Å². The molecule has 0 aliphatic heterocycles. The standard InChI is InChI=1S/C15H15N3O/c1-10-8-11(2)14(12(3)9-10)15-16-13-6-4-5-7-17(13)18(15)19/h4-9H,1-3H3. The van der Waals surface area contributed by atoms with E-state index in [1.54, 1.807) is 6.20 Å². The molecule has 96 valence electrons. The van der Waals surface area contributed by atoms with Crippen molar-refractivity contribution in [3.63, 3.8) is 0 Å². The van der Waals surface area contributed by atoms with Crippen molar-refractivity contribution < 1.29 is 4.85 Å². The highest BCUT2D eigenvalue weighted by Crippen LogP contribution is 2.25. The summed E-state index contributed by atoms with van der Waals surface area (Å²) in [4.78, 5) is 5.29. The normalized spacial score (nSPS) is 11.1. The van der Waals surface area contributed by atoms with Gasteiger partial charge in [-0.2, -0.15) is 0 Å². The number of fused-ring (bicyclic) bond motifs is 1. The maximum absolute atomic E-state index is 12.3. The quantitative estimate of drug-likeness (QED) is 0.494. The third-order valence-electron chi connectivity index (χ3n) is 3.32. The van der Waals surface area contributed by atoms with Gasteiger partial charge in [0.1, 0.15) is 0 Å². The fourth-order valence-corrected chi connectivity index (χ4v) is 2.61. The Kier molecular flexibility index (Phi) is 2.52. The molecule has 2 heterocycles. The summed E-state index contributed by atoms with van der Waals surface area (Å²) in [6.45, 7) is 6.08. The summed E-state index contributed by atoms with van der Waals surface area (Å²) in [5, 5.41) is 12.3. The molecule has 0 aliphatic carbocycles. The smallest absolute Gasteiger partial charge is 0.356 e. The van der Waals surface area contributed by atoms with Gasteiger partial charge in [0.25, 0.3) is 5.65 Å². The van der Waals surface area contributed by atoms with E-state index in [4.69, 9.17) is 0 Å². The molecular weight excluding hydrogens is 238 g/mol. The Balaban J connectivity index is 2.34. The summed E-state index contributed by atoms with van der Waals surface area (Å²) in [5.74, 6) is 0.459. The number of aryl methyl sites for hydroxylation is 3. The van der Waals surface area contributed by atoms with Crippen LogP contribution in [0.2, 0.25) is 0 Å². The van der Waals surface area contributed by atoms with Crippen molar-refractivity contribution in [1.82, 2.24) is 9.50 Å². The molecule has 0 atom stereocenters. The van der Waals surface area contributed by atoms with E-state index >= 15 is 0 Å². The Morgan fingerprint density at radius 3 is 2.42 bits per heavy atom. The minimum atomic E-state index is 0.459. The molecule has 1 aromatic carbocycles. The Morgan fingerprint density at radius 1 is 1.11 bits per heavy atom. The fourth-order valence-electron chi connectivity index (χ4n) is 2.61. The Morgan fingerprint density at radius 2 is 1.79 bits per heavy atom. The first-order chi connectivity index (χ1) is 9.08. The van der Waals surface area contributed by atoms with Gasteiger partial charge in [-0.1, -0.05) is 23.8 Å². The van der Waals surface area contributed by atoms with Crippen LogP contribution in [0.1, 0.15) is 16.7 Å². The van der Waals surface area contributed by atoms with Crippen LogP contribution in [0.25, 0.3) is 17.0 Å². The van der Waals surface area contributed by atoms with Crippen LogP contribution < -0.4 is 4.85 Å². The average Bonchev–Trinajstić information content (AvgIpc) is 2.66. The fraction of sp³-hybridized carbons (Fsp3) is 0.200. The van der Waals surface area contributed by atoms with E-state index in [-0.39, 0.29) is 0 Å². The van der Waals surface area contributed by atoms with Crippen molar-refractivity contribution in [3.05, 3.63) is 58.4 Å². The van der Waals surface area contributed by atoms with Crippen LogP contribution in [0.15, 0.2) is 36.5 Å². The van der Waals surface area contributed by atoms with E-state index in [9.17, 15) is 5.21 Å². The molecule has 4 heteroatoms. The first-order valence-corrected chi connectivity index (χ1v) is 6.23. The molecule has 3 rings (SSSR count). The van der Waals surface area contributed by atoms with Crippen molar-refractivity contribution in [1.29, 1.82) is 0 Å². The second-order valence-electron chi connectivity index (χ2n) is 4.89. The van der Waals surface area contributed by atoms with Gasteiger partial charge in [0, 0.05) is 6.07 Å². The van der Waals surface area contributed by atoms with Crippen molar-refractivity contribution in [2.45, 2.75) is 20.8 Å². The summed E-state index contributed by atoms with van der Waals surface area (Å²) in [6.07, 6.45) is 1.72. The van der Waals surface area contributed by atoms with Gasteiger partial charge >= 0.3 is 5.82 Å². The van der Waals surface area contributed by atoms with Crippen LogP contribution in [0.5, 0.6) is 0 Å². The molecule has 0 saturated carbocycles. The van der Waals surface area contributed by atoms with Gasteiger partial charge in [0.2, 0.25) is 0 Å². The highest BCUT2D eigenvalue weighted by Gasteiger charge is 2.21. The Bertz CT molecular complexity index is 751. The Hall–Kier alpha value is -2.36. The van der Waals surface area contributed by atoms with Crippen molar-refractivity contribution >= 4 is 5.65 Å². The third kappa shape index (κ3) is 1.76. The van der Waals surface area contributed by atoms with Gasteiger partial charge in [-0.25, -0.2) is 0 Å². The number of hydrogen-bond acceptors (Lipinski definition) is 2. The topological polar surface area (TPSA) is 44.2 Å². The van der Waals surface area contributed by atoms with E-state index in [0.717, 1.165) is 21.5 Å². The maximum atomic E-state index is 12.3. The van der Waals surface area contributed by atoms with Gasteiger partial charge in [-0.05, 0) is 42.9 Å². The van der Waals surface area contributed by atoms with E-state index in [1.807, 2.05) is 32.0 Å². The van der Waals surface area contributed by atoms with E-state index in [1.165, 1.54) is 10.1 Å². The molecule has 0 fully saturated rings. The number of pyridine rings is 1. The molecule has 4 nitrogen and oxygen atoms in total. The largest absolute Gasteiger partial charge is 0.692 e. The molecule has 0 aliphatic rings. The summed E-state index contributed by atoms with van der Waals surface area (Å²) >= 11 is 0. The molecule has 0 N–H and O–H groups in total. The number of nitrogens with zero attached hydrogens (tertiary/aromatic N) is 3. The van der Waals surface area contributed by atoms with Crippen LogP contribution in [-0.4, -0.2) is 9.50 Å². The predicted octanol–water partition coefficient (Wildman–Crippen LogP) is 2.56. The highest BCUT2D eigenvalue weighted by molar-refractivity contribution is 5.64.